The molecule has 1 saturated heterocycles. The summed E-state index contributed by atoms with van der Waals surface area (Å²) in [5.74, 6) is -1.94. The van der Waals surface area contributed by atoms with Crippen LogP contribution in [0.3, 0.4) is 0 Å². The number of rotatable bonds is 4. The monoisotopic (exact) mass is 298 g/mol. The maximum Gasteiger partial charge on any atom is 0.263 e. The Morgan fingerprint density at radius 2 is 2.00 bits per heavy atom. The fourth-order valence-electron chi connectivity index (χ4n) is 2.47. The smallest absolute Gasteiger partial charge is 0.263 e. The van der Waals surface area contributed by atoms with Gasteiger partial charge in [-0.15, -0.1) is 0 Å². The molecule has 4 nitrogen and oxygen atoms in total. The van der Waals surface area contributed by atoms with Crippen molar-refractivity contribution in [2.24, 2.45) is 0 Å². The SMILES string of the molecule is CC(Oc1ccc(F)c(F)c1)C(=O)N(C)C1CCNCC1. The molecule has 2 rings (SSSR count). The third-order valence-electron chi connectivity index (χ3n) is 3.76. The van der Waals surface area contributed by atoms with Gasteiger partial charge in [0, 0.05) is 19.2 Å². The number of benzene rings is 1. The van der Waals surface area contributed by atoms with Crippen molar-refractivity contribution in [3.05, 3.63) is 29.8 Å². The van der Waals surface area contributed by atoms with E-state index in [9.17, 15) is 13.6 Å². The standard InChI is InChI=1S/C15H20F2N2O2/c1-10(21-12-3-4-13(16)14(17)9-12)15(20)19(2)11-5-7-18-8-6-11/h3-4,9-11,18H,5-8H2,1-2H3. The van der Waals surface area contributed by atoms with Crippen molar-refractivity contribution >= 4 is 5.91 Å². The molecule has 1 aromatic carbocycles. The Balaban J connectivity index is 1.96. The Morgan fingerprint density at radius 1 is 1.33 bits per heavy atom. The van der Waals surface area contributed by atoms with Crippen LogP contribution in [0, 0.1) is 11.6 Å². The number of hydrogen-bond donors (Lipinski definition) is 1. The Labute approximate surface area is 123 Å². The van der Waals surface area contributed by atoms with Gasteiger partial charge in [0.2, 0.25) is 0 Å². The molecular weight excluding hydrogens is 278 g/mol. The summed E-state index contributed by atoms with van der Waals surface area (Å²) < 4.78 is 31.4. The minimum absolute atomic E-state index is 0.147. The van der Waals surface area contributed by atoms with Crippen LogP contribution < -0.4 is 10.1 Å². The zero-order valence-corrected chi connectivity index (χ0v) is 12.2. The molecule has 1 unspecified atom stereocenters. The van der Waals surface area contributed by atoms with Gasteiger partial charge in [-0.05, 0) is 45.0 Å². The highest BCUT2D eigenvalue weighted by atomic mass is 19.2. The molecule has 1 aromatic rings. The zero-order chi connectivity index (χ0) is 15.4. The lowest BCUT2D eigenvalue weighted by Gasteiger charge is -2.33. The molecule has 0 aliphatic carbocycles. The van der Waals surface area contributed by atoms with Crippen LogP contribution in [0.15, 0.2) is 18.2 Å². The highest BCUT2D eigenvalue weighted by Crippen LogP contribution is 2.18. The van der Waals surface area contributed by atoms with Gasteiger partial charge in [-0.1, -0.05) is 0 Å². The molecule has 116 valence electrons. The molecule has 1 aliphatic rings. The molecular formula is C15H20F2N2O2. The number of amides is 1. The first-order valence-electron chi connectivity index (χ1n) is 7.08. The summed E-state index contributed by atoms with van der Waals surface area (Å²) in [6, 6.07) is 3.43. The lowest BCUT2D eigenvalue weighted by molar-refractivity contribution is -0.139. The topological polar surface area (TPSA) is 41.6 Å². The Morgan fingerprint density at radius 3 is 2.62 bits per heavy atom. The molecule has 0 saturated carbocycles. The summed E-state index contributed by atoms with van der Waals surface area (Å²) in [7, 11) is 1.75. The van der Waals surface area contributed by atoms with E-state index in [0.717, 1.165) is 38.1 Å². The lowest BCUT2D eigenvalue weighted by Crippen LogP contribution is -2.48. The molecule has 1 aliphatic heterocycles. The van der Waals surface area contributed by atoms with E-state index in [1.165, 1.54) is 6.07 Å². The first-order chi connectivity index (χ1) is 9.99. The number of carbonyl (C=O) groups is 1. The van der Waals surface area contributed by atoms with Crippen molar-refractivity contribution in [1.29, 1.82) is 0 Å². The van der Waals surface area contributed by atoms with Crippen LogP contribution in [-0.2, 0) is 4.79 Å². The van der Waals surface area contributed by atoms with Crippen molar-refractivity contribution in [2.75, 3.05) is 20.1 Å². The van der Waals surface area contributed by atoms with E-state index in [1.54, 1.807) is 18.9 Å². The number of ether oxygens (including phenoxy) is 1. The van der Waals surface area contributed by atoms with Gasteiger partial charge in [0.05, 0.1) is 0 Å². The molecule has 0 spiro atoms. The molecule has 0 radical (unpaired) electrons. The number of likely N-dealkylation sites (N-methyl/N-ethyl adjacent to an activating group) is 1. The van der Waals surface area contributed by atoms with E-state index in [1.807, 2.05) is 0 Å². The number of halogens is 2. The Kier molecular flexibility index (Phi) is 5.12. The van der Waals surface area contributed by atoms with E-state index >= 15 is 0 Å². The predicted molar refractivity (Wildman–Crippen MR) is 75.1 cm³/mol. The largest absolute Gasteiger partial charge is 0.481 e. The van der Waals surface area contributed by atoms with Gasteiger partial charge >= 0.3 is 0 Å². The molecule has 21 heavy (non-hydrogen) atoms. The van der Waals surface area contributed by atoms with Crippen LogP contribution >= 0.6 is 0 Å². The van der Waals surface area contributed by atoms with Crippen molar-refractivity contribution in [3.8, 4) is 5.75 Å². The van der Waals surface area contributed by atoms with Gasteiger partial charge in [-0.3, -0.25) is 4.79 Å². The van der Waals surface area contributed by atoms with Crippen molar-refractivity contribution < 1.29 is 18.3 Å². The average Bonchev–Trinajstić information content (AvgIpc) is 2.50. The Hall–Kier alpha value is -1.69. The minimum atomic E-state index is -0.987. The fraction of sp³-hybridized carbons (Fsp3) is 0.533. The van der Waals surface area contributed by atoms with Crippen LogP contribution in [0.2, 0.25) is 0 Å². The van der Waals surface area contributed by atoms with Crippen LogP contribution in [-0.4, -0.2) is 43.1 Å². The number of piperidine rings is 1. The van der Waals surface area contributed by atoms with Gasteiger partial charge in [-0.25, -0.2) is 8.78 Å². The molecule has 0 bridgehead atoms. The van der Waals surface area contributed by atoms with Gasteiger partial charge in [0.1, 0.15) is 5.75 Å². The van der Waals surface area contributed by atoms with Crippen LogP contribution in [0.25, 0.3) is 0 Å². The normalized spacial score (nSPS) is 17.3. The maximum atomic E-state index is 13.1. The quantitative estimate of drug-likeness (QED) is 0.923. The first-order valence-corrected chi connectivity index (χ1v) is 7.08. The summed E-state index contributed by atoms with van der Waals surface area (Å²) >= 11 is 0. The molecule has 0 aromatic heterocycles. The second-order valence-corrected chi connectivity index (χ2v) is 5.27. The van der Waals surface area contributed by atoms with Crippen LogP contribution in [0.5, 0.6) is 5.75 Å². The molecule has 1 amide bonds. The third kappa shape index (κ3) is 3.91. The summed E-state index contributed by atoms with van der Waals surface area (Å²) in [6.45, 7) is 3.39. The third-order valence-corrected chi connectivity index (χ3v) is 3.76. The lowest BCUT2D eigenvalue weighted by atomic mass is 10.0. The van der Waals surface area contributed by atoms with E-state index in [0.29, 0.717) is 0 Å². The number of nitrogens with zero attached hydrogens (tertiary/aromatic N) is 1. The highest BCUT2D eigenvalue weighted by Gasteiger charge is 2.26. The van der Waals surface area contributed by atoms with E-state index in [-0.39, 0.29) is 17.7 Å². The van der Waals surface area contributed by atoms with Gasteiger partial charge < -0.3 is 15.0 Å². The number of hydrogen-bond acceptors (Lipinski definition) is 3. The first kappa shape index (κ1) is 15.7. The van der Waals surface area contributed by atoms with Gasteiger partial charge in [-0.2, -0.15) is 0 Å². The second kappa shape index (κ2) is 6.85. The summed E-state index contributed by atoms with van der Waals surface area (Å²) in [4.78, 5) is 14.0. The fourth-order valence-corrected chi connectivity index (χ4v) is 2.47. The number of nitrogens with one attached hydrogen (secondary N) is 1. The average molecular weight is 298 g/mol. The highest BCUT2D eigenvalue weighted by molar-refractivity contribution is 5.81. The van der Waals surface area contributed by atoms with Crippen molar-refractivity contribution in [1.82, 2.24) is 10.2 Å². The van der Waals surface area contributed by atoms with Crippen molar-refractivity contribution in [2.45, 2.75) is 31.9 Å². The van der Waals surface area contributed by atoms with E-state index < -0.39 is 17.7 Å². The summed E-state index contributed by atoms with van der Waals surface area (Å²) in [5.41, 5.74) is 0. The minimum Gasteiger partial charge on any atom is -0.481 e. The maximum absolute atomic E-state index is 13.1. The molecule has 1 N–H and O–H groups in total. The van der Waals surface area contributed by atoms with E-state index in [4.69, 9.17) is 4.74 Å². The summed E-state index contributed by atoms with van der Waals surface area (Å²) in [6.07, 6.45) is 1.06. The van der Waals surface area contributed by atoms with E-state index in [2.05, 4.69) is 5.32 Å². The molecule has 1 heterocycles. The molecule has 6 heteroatoms. The second-order valence-electron chi connectivity index (χ2n) is 5.27. The Bertz CT molecular complexity index is 504. The van der Waals surface area contributed by atoms with Crippen LogP contribution in [0.1, 0.15) is 19.8 Å². The van der Waals surface area contributed by atoms with Gasteiger partial charge in [0.25, 0.3) is 5.91 Å². The van der Waals surface area contributed by atoms with Crippen LogP contribution in [0.4, 0.5) is 8.78 Å². The zero-order valence-electron chi connectivity index (χ0n) is 12.2. The van der Waals surface area contributed by atoms with Crippen molar-refractivity contribution in [3.63, 3.8) is 0 Å². The predicted octanol–water partition coefficient (Wildman–Crippen LogP) is 1.94. The molecule has 1 fully saturated rings. The van der Waals surface area contributed by atoms with Gasteiger partial charge in [0.15, 0.2) is 17.7 Å². The summed E-state index contributed by atoms with van der Waals surface area (Å²) in [5, 5.41) is 3.24. The number of carbonyl (C=O) groups excluding carboxylic acids is 1. The molecule has 1 atom stereocenters.